The molecular formula is C23H29ClN6O4. The van der Waals surface area contributed by atoms with E-state index in [0.29, 0.717) is 22.3 Å². The van der Waals surface area contributed by atoms with Gasteiger partial charge in [0.25, 0.3) is 5.91 Å². The van der Waals surface area contributed by atoms with Gasteiger partial charge in [-0.15, -0.1) is 0 Å². The molecule has 1 aromatic carbocycles. The second-order valence-corrected chi connectivity index (χ2v) is 9.21. The molecule has 0 aliphatic rings. The van der Waals surface area contributed by atoms with Crippen LogP contribution >= 0.6 is 11.6 Å². The van der Waals surface area contributed by atoms with Gasteiger partial charge in [0, 0.05) is 13.1 Å². The summed E-state index contributed by atoms with van der Waals surface area (Å²) in [5.41, 5.74) is 2.71. The van der Waals surface area contributed by atoms with Gasteiger partial charge in [0.2, 0.25) is 0 Å². The normalized spacial score (nSPS) is 11.4. The smallest absolute Gasteiger partial charge is 0.316 e. The first kappa shape index (κ1) is 25.2. The first-order valence-electron chi connectivity index (χ1n) is 10.8. The number of carbonyl (C=O) groups excluding carboxylic acids is 2. The van der Waals surface area contributed by atoms with Crippen molar-refractivity contribution in [2.24, 2.45) is 0 Å². The first-order chi connectivity index (χ1) is 16.0. The SMILES string of the molecule is Cc1nn(Cc2noc(C(=O)NCCNC(=O)COc3ccc(C(C)(C)C)cc3)n2)c(C)c1Cl. The highest BCUT2D eigenvalue weighted by atomic mass is 35.5. The molecule has 0 spiro atoms. The highest BCUT2D eigenvalue weighted by Gasteiger charge is 2.17. The molecule has 2 aromatic heterocycles. The van der Waals surface area contributed by atoms with Crippen molar-refractivity contribution in [3.05, 3.63) is 58.0 Å². The van der Waals surface area contributed by atoms with Gasteiger partial charge >= 0.3 is 11.8 Å². The maximum absolute atomic E-state index is 12.2. The molecule has 2 N–H and O–H groups in total. The number of ether oxygens (including phenoxy) is 1. The fourth-order valence-electron chi connectivity index (χ4n) is 3.08. The number of rotatable bonds is 9. The van der Waals surface area contributed by atoms with Gasteiger partial charge in [-0.05, 0) is 37.0 Å². The Labute approximate surface area is 203 Å². The van der Waals surface area contributed by atoms with E-state index >= 15 is 0 Å². The summed E-state index contributed by atoms with van der Waals surface area (Å²) >= 11 is 6.14. The van der Waals surface area contributed by atoms with Gasteiger partial charge in [0.15, 0.2) is 12.4 Å². The summed E-state index contributed by atoms with van der Waals surface area (Å²) in [6, 6.07) is 7.66. The molecule has 34 heavy (non-hydrogen) atoms. The van der Waals surface area contributed by atoms with Crippen LogP contribution in [0, 0.1) is 13.8 Å². The molecule has 2 amide bonds. The molecule has 0 aliphatic carbocycles. The molecule has 182 valence electrons. The van der Waals surface area contributed by atoms with Crippen LogP contribution in [0.3, 0.4) is 0 Å². The lowest BCUT2D eigenvalue weighted by Gasteiger charge is -2.19. The minimum Gasteiger partial charge on any atom is -0.484 e. The third kappa shape index (κ3) is 6.57. The topological polar surface area (TPSA) is 124 Å². The predicted molar refractivity (Wildman–Crippen MR) is 126 cm³/mol. The molecule has 11 heteroatoms. The third-order valence-electron chi connectivity index (χ3n) is 5.07. The molecule has 2 heterocycles. The molecular weight excluding hydrogens is 460 g/mol. The van der Waals surface area contributed by atoms with Crippen molar-refractivity contribution in [1.29, 1.82) is 0 Å². The van der Waals surface area contributed by atoms with Gasteiger partial charge in [0.05, 0.1) is 16.4 Å². The van der Waals surface area contributed by atoms with Crippen LogP contribution in [0.2, 0.25) is 5.02 Å². The highest BCUT2D eigenvalue weighted by Crippen LogP contribution is 2.24. The number of aromatic nitrogens is 4. The van der Waals surface area contributed by atoms with E-state index in [1.807, 2.05) is 31.2 Å². The van der Waals surface area contributed by atoms with Crippen LogP contribution in [0.15, 0.2) is 28.8 Å². The van der Waals surface area contributed by atoms with Gasteiger partial charge in [-0.2, -0.15) is 10.1 Å². The molecule has 10 nitrogen and oxygen atoms in total. The van der Waals surface area contributed by atoms with Gasteiger partial charge in [-0.25, -0.2) is 0 Å². The lowest BCUT2D eigenvalue weighted by atomic mass is 9.87. The standard InChI is InChI=1S/C23H29ClN6O4/c1-14-20(24)15(2)30(28-14)12-18-27-22(34-29-18)21(32)26-11-10-25-19(31)13-33-17-8-6-16(7-9-17)23(3,4)5/h6-9H,10-13H2,1-5H3,(H,25,31)(H,26,32). The number of halogens is 1. The Balaban J connectivity index is 1.37. The molecule has 0 bridgehead atoms. The summed E-state index contributed by atoms with van der Waals surface area (Å²) in [6.07, 6.45) is 0. The molecule has 0 saturated heterocycles. The van der Waals surface area contributed by atoms with Crippen LogP contribution in [-0.2, 0) is 16.8 Å². The lowest BCUT2D eigenvalue weighted by Crippen LogP contribution is -2.36. The quantitative estimate of drug-likeness (QED) is 0.444. The third-order valence-corrected chi connectivity index (χ3v) is 5.62. The second-order valence-electron chi connectivity index (χ2n) is 8.83. The maximum atomic E-state index is 12.2. The van der Waals surface area contributed by atoms with E-state index in [1.165, 1.54) is 5.56 Å². The number of hydrogen-bond donors (Lipinski definition) is 2. The number of hydrogen-bond acceptors (Lipinski definition) is 7. The van der Waals surface area contributed by atoms with Crippen molar-refractivity contribution in [3.8, 4) is 5.75 Å². The molecule has 0 aliphatic heterocycles. The van der Waals surface area contributed by atoms with Crippen molar-refractivity contribution < 1.29 is 18.8 Å². The van der Waals surface area contributed by atoms with E-state index < -0.39 is 5.91 Å². The number of carbonyl (C=O) groups is 2. The van der Waals surface area contributed by atoms with E-state index in [2.05, 4.69) is 46.6 Å². The minimum absolute atomic E-state index is 0.0510. The number of nitrogens with zero attached hydrogens (tertiary/aromatic N) is 4. The summed E-state index contributed by atoms with van der Waals surface area (Å²) in [5, 5.41) is 14.0. The van der Waals surface area contributed by atoms with Crippen LogP contribution in [0.1, 0.15) is 54.2 Å². The van der Waals surface area contributed by atoms with Gasteiger partial charge in [0.1, 0.15) is 12.3 Å². The molecule has 0 fully saturated rings. The van der Waals surface area contributed by atoms with Gasteiger partial charge in [-0.3, -0.25) is 14.3 Å². The largest absolute Gasteiger partial charge is 0.484 e. The fraction of sp³-hybridized carbons (Fsp3) is 0.435. The lowest BCUT2D eigenvalue weighted by molar-refractivity contribution is -0.123. The monoisotopic (exact) mass is 488 g/mol. The first-order valence-corrected chi connectivity index (χ1v) is 11.2. The van der Waals surface area contributed by atoms with Crippen LogP contribution in [0.5, 0.6) is 5.75 Å². The van der Waals surface area contributed by atoms with Crippen LogP contribution in [-0.4, -0.2) is 51.4 Å². The summed E-state index contributed by atoms with van der Waals surface area (Å²) in [4.78, 5) is 28.3. The zero-order valence-electron chi connectivity index (χ0n) is 19.9. The summed E-state index contributed by atoms with van der Waals surface area (Å²) in [7, 11) is 0. The maximum Gasteiger partial charge on any atom is 0.316 e. The van der Waals surface area contributed by atoms with Crippen molar-refractivity contribution in [3.63, 3.8) is 0 Å². The minimum atomic E-state index is -0.533. The molecule has 0 atom stereocenters. The summed E-state index contributed by atoms with van der Waals surface area (Å²) < 4.78 is 12.2. The second kappa shape index (κ2) is 10.7. The van der Waals surface area contributed by atoms with E-state index in [0.717, 1.165) is 5.69 Å². The zero-order valence-corrected chi connectivity index (χ0v) is 20.7. The molecule has 3 aromatic rings. The molecule has 3 rings (SSSR count). The van der Waals surface area contributed by atoms with Crippen LogP contribution < -0.4 is 15.4 Å². The van der Waals surface area contributed by atoms with Crippen molar-refractivity contribution in [2.45, 2.75) is 46.6 Å². The van der Waals surface area contributed by atoms with Crippen molar-refractivity contribution in [1.82, 2.24) is 30.6 Å². The van der Waals surface area contributed by atoms with E-state index in [-0.39, 0.29) is 43.5 Å². The van der Waals surface area contributed by atoms with Gasteiger partial charge in [-0.1, -0.05) is 49.7 Å². The average molecular weight is 489 g/mol. The Morgan fingerprint density at radius 3 is 2.41 bits per heavy atom. The van der Waals surface area contributed by atoms with E-state index in [4.69, 9.17) is 20.9 Å². The Morgan fingerprint density at radius 2 is 1.79 bits per heavy atom. The average Bonchev–Trinajstić information content (AvgIpc) is 3.35. The Hall–Kier alpha value is -3.40. The molecule has 0 radical (unpaired) electrons. The molecule has 0 saturated carbocycles. The number of aryl methyl sites for hydroxylation is 1. The van der Waals surface area contributed by atoms with Crippen molar-refractivity contribution in [2.75, 3.05) is 19.7 Å². The summed E-state index contributed by atoms with van der Waals surface area (Å²) in [6.45, 7) is 10.5. The number of nitrogens with one attached hydrogen (secondary N) is 2. The zero-order chi connectivity index (χ0) is 24.9. The van der Waals surface area contributed by atoms with E-state index in [1.54, 1.807) is 11.6 Å². The Bertz CT molecular complexity index is 1150. The fourth-order valence-corrected chi connectivity index (χ4v) is 3.21. The van der Waals surface area contributed by atoms with Crippen LogP contribution in [0.4, 0.5) is 0 Å². The van der Waals surface area contributed by atoms with Crippen molar-refractivity contribution >= 4 is 23.4 Å². The Kier molecular flexibility index (Phi) is 7.93. The van der Waals surface area contributed by atoms with E-state index in [9.17, 15) is 9.59 Å². The number of amides is 2. The van der Waals surface area contributed by atoms with Crippen LogP contribution in [0.25, 0.3) is 0 Å². The predicted octanol–water partition coefficient (Wildman–Crippen LogP) is 2.81. The molecule has 0 unspecified atom stereocenters. The van der Waals surface area contributed by atoms with Gasteiger partial charge < -0.3 is 19.9 Å². The highest BCUT2D eigenvalue weighted by molar-refractivity contribution is 6.31. The summed E-state index contributed by atoms with van der Waals surface area (Å²) in [5.74, 6) is -0.0804. The Morgan fingerprint density at radius 1 is 1.12 bits per heavy atom. The number of benzene rings is 1.